The number of hydrogen-bond donors (Lipinski definition) is 2. The molecule has 7 rings (SSSR count). The summed E-state index contributed by atoms with van der Waals surface area (Å²) in [4.78, 5) is 20.5. The van der Waals surface area contributed by atoms with Gasteiger partial charge >= 0.3 is 5.69 Å². The largest absolute Gasteiger partial charge is 0.405 e. The molecule has 0 bridgehead atoms. The Morgan fingerprint density at radius 1 is 0.772 bits per heavy atom. The van der Waals surface area contributed by atoms with Gasteiger partial charge in [-0.3, -0.25) is 9.47 Å². The Labute approximate surface area is 336 Å². The molecule has 3 N–H and O–H groups in total. The van der Waals surface area contributed by atoms with E-state index in [0.29, 0.717) is 18.7 Å². The number of benzene rings is 5. The number of aliphatic hydroxyl groups is 1. The minimum Gasteiger partial charge on any atom is -0.405 e. The van der Waals surface area contributed by atoms with Gasteiger partial charge in [-0.15, -0.1) is 0 Å². The first kappa shape index (κ1) is 39.6. The number of morpholine rings is 1. The van der Waals surface area contributed by atoms with E-state index in [9.17, 15) is 9.90 Å². The third-order valence-electron chi connectivity index (χ3n) is 10.9. The molecule has 1 aliphatic rings. The van der Waals surface area contributed by atoms with Crippen LogP contribution in [-0.4, -0.2) is 60.3 Å². The topological polar surface area (TPSA) is 103 Å². The maximum absolute atomic E-state index is 13.9. The first-order valence-corrected chi connectivity index (χ1v) is 21.4. The summed E-state index contributed by atoms with van der Waals surface area (Å²) in [6, 6.07) is 52.7. The zero-order valence-electron chi connectivity index (χ0n) is 32.8. The van der Waals surface area contributed by atoms with Crippen LogP contribution in [0, 0.1) is 11.8 Å². The van der Waals surface area contributed by atoms with Crippen molar-refractivity contribution in [2.75, 3.05) is 32.0 Å². The second kappa shape index (κ2) is 17.3. The summed E-state index contributed by atoms with van der Waals surface area (Å²) < 4.78 is 16.1. The number of nitrogen functional groups attached to an aromatic ring is 1. The number of ether oxygens (including phenoxy) is 1. The van der Waals surface area contributed by atoms with E-state index < -0.39 is 31.9 Å². The molecule has 1 aliphatic heterocycles. The third-order valence-corrected chi connectivity index (χ3v) is 15.9. The first-order chi connectivity index (χ1) is 27.7. The molecule has 0 radical (unpaired) electrons. The average Bonchev–Trinajstić information content (AvgIpc) is 3.24. The van der Waals surface area contributed by atoms with E-state index in [4.69, 9.17) is 14.9 Å². The summed E-state index contributed by atoms with van der Waals surface area (Å²) >= 11 is 0. The predicted molar refractivity (Wildman–Crippen MR) is 230 cm³/mol. The van der Waals surface area contributed by atoms with Gasteiger partial charge in [-0.2, -0.15) is 4.98 Å². The minimum absolute atomic E-state index is 0.0353. The van der Waals surface area contributed by atoms with Crippen LogP contribution in [0.3, 0.4) is 0 Å². The summed E-state index contributed by atoms with van der Waals surface area (Å²) in [6.45, 7) is 7.77. The summed E-state index contributed by atoms with van der Waals surface area (Å²) in [6.07, 6.45) is 0.621. The lowest BCUT2D eigenvalue weighted by Gasteiger charge is -2.51. The number of anilines is 1. The first-order valence-electron chi connectivity index (χ1n) is 19.5. The molecular weight excluding hydrogens is 725 g/mol. The second-order valence-corrected chi connectivity index (χ2v) is 19.7. The summed E-state index contributed by atoms with van der Waals surface area (Å²) in [5.41, 5.74) is 8.53. The van der Waals surface area contributed by atoms with Crippen LogP contribution in [0.5, 0.6) is 0 Å². The number of aliphatic hydroxyl groups excluding tert-OH is 1. The molecule has 1 saturated heterocycles. The van der Waals surface area contributed by atoms with Gasteiger partial charge in [0.05, 0.1) is 30.4 Å². The van der Waals surface area contributed by atoms with Crippen molar-refractivity contribution in [1.82, 2.24) is 14.5 Å². The smallest absolute Gasteiger partial charge is 0.351 e. The van der Waals surface area contributed by atoms with E-state index in [1.807, 2.05) is 30.3 Å². The van der Waals surface area contributed by atoms with Crippen molar-refractivity contribution < 1.29 is 14.3 Å². The van der Waals surface area contributed by atoms with Gasteiger partial charge in [-0.25, -0.2) is 4.79 Å². The van der Waals surface area contributed by atoms with Crippen molar-refractivity contribution >= 4 is 24.5 Å². The number of hydrogen-bond acceptors (Lipinski definition) is 7. The zero-order chi connectivity index (χ0) is 39.9. The van der Waals surface area contributed by atoms with E-state index in [-0.39, 0.29) is 30.5 Å². The Bertz CT molecular complexity index is 2210. The van der Waals surface area contributed by atoms with Crippen LogP contribution in [0.2, 0.25) is 5.04 Å². The third kappa shape index (κ3) is 7.88. The highest BCUT2D eigenvalue weighted by molar-refractivity contribution is 6.99. The molecule has 6 aromatic rings. The van der Waals surface area contributed by atoms with Crippen LogP contribution in [0.1, 0.15) is 55.7 Å². The van der Waals surface area contributed by atoms with Gasteiger partial charge in [0, 0.05) is 25.7 Å². The van der Waals surface area contributed by atoms with E-state index in [1.54, 1.807) is 6.20 Å². The number of nitrogens with zero attached hydrogens (tertiary/aromatic N) is 3. The van der Waals surface area contributed by atoms with Crippen LogP contribution in [-0.2, 0) is 14.7 Å². The molecule has 0 unspecified atom stereocenters. The fourth-order valence-corrected chi connectivity index (χ4v) is 13.0. The van der Waals surface area contributed by atoms with Crippen molar-refractivity contribution in [2.24, 2.45) is 0 Å². The van der Waals surface area contributed by atoms with Gasteiger partial charge in [0.1, 0.15) is 5.82 Å². The maximum Gasteiger partial charge on any atom is 0.351 e. The van der Waals surface area contributed by atoms with E-state index in [1.165, 1.54) is 14.9 Å². The van der Waals surface area contributed by atoms with E-state index >= 15 is 0 Å². The monoisotopic (exact) mass is 774 g/mol. The Balaban J connectivity index is 1.41. The quantitative estimate of drug-likeness (QED) is 0.0902. The highest BCUT2D eigenvalue weighted by atomic mass is 28.4. The van der Waals surface area contributed by atoms with Gasteiger partial charge in [0.25, 0.3) is 8.32 Å². The normalized spacial score (nSPS) is 16.4. The van der Waals surface area contributed by atoms with Crippen LogP contribution in [0.15, 0.2) is 163 Å². The fourth-order valence-electron chi connectivity index (χ4n) is 8.40. The fraction of sp³-hybridized carbons (Fsp3) is 0.250. The van der Waals surface area contributed by atoms with Gasteiger partial charge in [0.15, 0.2) is 6.23 Å². The molecule has 0 saturated carbocycles. The molecule has 1 fully saturated rings. The van der Waals surface area contributed by atoms with Crippen LogP contribution in [0.25, 0.3) is 0 Å². The van der Waals surface area contributed by atoms with Crippen molar-refractivity contribution in [2.45, 2.75) is 50.1 Å². The van der Waals surface area contributed by atoms with Gasteiger partial charge in [-0.05, 0) is 32.1 Å². The maximum atomic E-state index is 13.9. The van der Waals surface area contributed by atoms with Crippen molar-refractivity contribution in [3.63, 3.8) is 0 Å². The lowest BCUT2D eigenvalue weighted by atomic mass is 9.75. The Morgan fingerprint density at radius 3 is 1.70 bits per heavy atom. The summed E-state index contributed by atoms with van der Waals surface area (Å²) in [7, 11) is -2.97. The lowest BCUT2D eigenvalue weighted by Crippen LogP contribution is -2.67. The number of nitrogens with two attached hydrogens (primary N) is 1. The molecule has 0 amide bonds. The van der Waals surface area contributed by atoms with Crippen LogP contribution in [0.4, 0.5) is 5.82 Å². The number of rotatable bonds is 11. The molecule has 2 heterocycles. The zero-order valence-corrected chi connectivity index (χ0v) is 33.8. The molecule has 5 aromatic carbocycles. The Hall–Kier alpha value is -5.60. The van der Waals surface area contributed by atoms with Crippen LogP contribution >= 0.6 is 0 Å². The summed E-state index contributed by atoms with van der Waals surface area (Å²) in [5.74, 6) is 5.97. The highest BCUT2D eigenvalue weighted by Gasteiger charge is 2.52. The minimum atomic E-state index is -2.97. The van der Waals surface area contributed by atoms with Gasteiger partial charge < -0.3 is 20.0 Å². The lowest BCUT2D eigenvalue weighted by molar-refractivity contribution is -0.149. The molecule has 0 spiro atoms. The van der Waals surface area contributed by atoms with Crippen molar-refractivity contribution in [1.29, 1.82) is 0 Å². The molecule has 57 heavy (non-hydrogen) atoms. The van der Waals surface area contributed by atoms with Crippen LogP contribution < -0.4 is 21.8 Å². The predicted octanol–water partition coefficient (Wildman–Crippen LogP) is 6.33. The van der Waals surface area contributed by atoms with E-state index in [2.05, 4.69) is 164 Å². The standard InChI is InChI=1S/C48H50N4O4Si/c1-47(2,3)57(42-28-15-7-16-29-42,43-30-17-8-18-31-43)55-36-41-34-51(35-44(56-41)52-33-37(21-19-20-32-53)45(49)50-46(52)54)48(38-22-9-4-10-23-38,39-24-11-5-12-25-39)40-26-13-6-14-27-40/h4-18,22-31,33,41,44,53H,20,32,34-36H2,1-3H3,(H2,49,50,54)/t41-,44+/m0/s1. The molecule has 9 heteroatoms. The molecule has 1 aromatic heterocycles. The molecule has 290 valence electrons. The highest BCUT2D eigenvalue weighted by Crippen LogP contribution is 2.45. The molecule has 0 aliphatic carbocycles. The molecule has 8 nitrogen and oxygen atoms in total. The Morgan fingerprint density at radius 2 is 1.25 bits per heavy atom. The number of aromatic nitrogens is 2. The second-order valence-electron chi connectivity index (χ2n) is 15.4. The van der Waals surface area contributed by atoms with Crippen molar-refractivity contribution in [3.05, 3.63) is 191 Å². The van der Waals surface area contributed by atoms with E-state index in [0.717, 1.165) is 16.7 Å². The Kier molecular flexibility index (Phi) is 12.0. The average molecular weight is 775 g/mol. The molecule has 2 atom stereocenters. The SMILES string of the molecule is CC(C)(C)[Si](OC[C@@H]1CN(C(c2ccccc2)(c2ccccc2)c2ccccc2)C[C@H](n2cc(C#CCCO)c(N)nc2=O)O1)(c1ccccc1)c1ccccc1. The summed E-state index contributed by atoms with van der Waals surface area (Å²) in [5, 5.41) is 11.5. The van der Waals surface area contributed by atoms with Crippen molar-refractivity contribution in [3.8, 4) is 11.8 Å². The van der Waals surface area contributed by atoms with Gasteiger partial charge in [-0.1, -0.05) is 184 Å². The van der Waals surface area contributed by atoms with Gasteiger partial charge in [0.2, 0.25) is 0 Å². The molecular formula is C48H50N4O4Si.